The third-order valence-electron chi connectivity index (χ3n) is 5.80. The highest BCUT2D eigenvalue weighted by Crippen LogP contribution is 2.41. The van der Waals surface area contributed by atoms with Crippen molar-refractivity contribution in [3.63, 3.8) is 0 Å². The molecular formula is C19H22F2N4O4S. The Morgan fingerprint density at radius 3 is 2.40 bits per heavy atom. The second-order valence-corrected chi connectivity index (χ2v) is 9.60. The predicted molar refractivity (Wildman–Crippen MR) is 104 cm³/mol. The van der Waals surface area contributed by atoms with Crippen LogP contribution in [0.2, 0.25) is 0 Å². The molecule has 0 unspecified atom stereocenters. The molecule has 1 aromatic heterocycles. The number of sulfonamides is 1. The lowest BCUT2D eigenvalue weighted by atomic mass is 9.83. The first-order valence-corrected chi connectivity index (χ1v) is 11.0. The fourth-order valence-electron chi connectivity index (χ4n) is 4.15. The number of amides is 1. The van der Waals surface area contributed by atoms with Gasteiger partial charge in [-0.2, -0.15) is 18.2 Å². The van der Waals surface area contributed by atoms with Crippen molar-refractivity contribution in [3.8, 4) is 5.75 Å². The number of hydrogen-bond acceptors (Lipinski definition) is 5. The van der Waals surface area contributed by atoms with Crippen LogP contribution in [0.25, 0.3) is 0 Å². The maximum atomic E-state index is 13.0. The molecule has 2 aliphatic rings. The zero-order valence-corrected chi connectivity index (χ0v) is 17.4. The number of alkyl halides is 2. The molecule has 1 saturated heterocycles. The van der Waals surface area contributed by atoms with Crippen LogP contribution < -0.4 is 9.64 Å². The van der Waals surface area contributed by atoms with E-state index in [-0.39, 0.29) is 36.1 Å². The van der Waals surface area contributed by atoms with Gasteiger partial charge in [0, 0.05) is 26.2 Å². The molecule has 4 rings (SSSR count). The first kappa shape index (κ1) is 20.7. The van der Waals surface area contributed by atoms with Crippen molar-refractivity contribution >= 4 is 21.7 Å². The summed E-state index contributed by atoms with van der Waals surface area (Å²) in [4.78, 5) is 14.1. The number of rotatable bonds is 4. The van der Waals surface area contributed by atoms with Gasteiger partial charge in [-0.3, -0.25) is 4.79 Å². The van der Waals surface area contributed by atoms with E-state index in [1.165, 1.54) is 28.6 Å². The first-order chi connectivity index (χ1) is 14.1. The fourth-order valence-corrected chi connectivity index (χ4v) is 5.59. The summed E-state index contributed by atoms with van der Waals surface area (Å²) in [7, 11) is -2.08. The van der Waals surface area contributed by atoms with Crippen molar-refractivity contribution < 1.29 is 26.7 Å². The predicted octanol–water partition coefficient (Wildman–Crippen LogP) is 2.34. The quantitative estimate of drug-likeness (QED) is 0.729. The van der Waals surface area contributed by atoms with Crippen LogP contribution in [0.3, 0.4) is 0 Å². The Morgan fingerprint density at radius 2 is 1.80 bits per heavy atom. The summed E-state index contributed by atoms with van der Waals surface area (Å²) >= 11 is 0. The van der Waals surface area contributed by atoms with E-state index in [2.05, 4.69) is 9.84 Å². The van der Waals surface area contributed by atoms with Gasteiger partial charge in [-0.15, -0.1) is 0 Å². The summed E-state index contributed by atoms with van der Waals surface area (Å²) in [5.74, 6) is 0.593. The van der Waals surface area contributed by atoms with Gasteiger partial charge in [-0.25, -0.2) is 13.1 Å². The van der Waals surface area contributed by atoms with Gasteiger partial charge >= 0.3 is 6.61 Å². The highest BCUT2D eigenvalue weighted by molar-refractivity contribution is 7.89. The van der Waals surface area contributed by atoms with Gasteiger partial charge in [0.05, 0.1) is 22.5 Å². The van der Waals surface area contributed by atoms with Crippen LogP contribution in [0.15, 0.2) is 35.2 Å². The van der Waals surface area contributed by atoms with Crippen molar-refractivity contribution in [2.75, 3.05) is 25.0 Å². The first-order valence-electron chi connectivity index (χ1n) is 9.51. The molecule has 0 saturated carbocycles. The topological polar surface area (TPSA) is 84.7 Å². The zero-order valence-electron chi connectivity index (χ0n) is 16.6. The second-order valence-electron chi connectivity index (χ2n) is 7.66. The van der Waals surface area contributed by atoms with Crippen LogP contribution in [0.5, 0.6) is 5.75 Å². The van der Waals surface area contributed by atoms with Gasteiger partial charge in [0.2, 0.25) is 15.9 Å². The van der Waals surface area contributed by atoms with Gasteiger partial charge in [0.1, 0.15) is 11.6 Å². The highest BCUT2D eigenvalue weighted by atomic mass is 32.2. The maximum absolute atomic E-state index is 13.0. The van der Waals surface area contributed by atoms with E-state index in [9.17, 15) is 22.0 Å². The number of benzene rings is 1. The molecule has 1 fully saturated rings. The van der Waals surface area contributed by atoms with E-state index >= 15 is 0 Å². The molecule has 1 spiro atoms. The van der Waals surface area contributed by atoms with Gasteiger partial charge in [0.15, 0.2) is 0 Å². The van der Waals surface area contributed by atoms with Gasteiger partial charge in [-0.05, 0) is 44.0 Å². The van der Waals surface area contributed by atoms with Crippen LogP contribution in [-0.2, 0) is 20.4 Å². The molecule has 162 valence electrons. The number of carbonyl (C=O) groups excluding carboxylic acids is 1. The van der Waals surface area contributed by atoms with Crippen molar-refractivity contribution in [3.05, 3.63) is 36.0 Å². The molecule has 3 heterocycles. The lowest BCUT2D eigenvalue weighted by Gasteiger charge is -2.45. The van der Waals surface area contributed by atoms with E-state index in [0.717, 1.165) is 11.5 Å². The molecular weight excluding hydrogens is 418 g/mol. The van der Waals surface area contributed by atoms with Crippen LogP contribution in [0.1, 0.15) is 25.0 Å². The number of nitrogens with zero attached hydrogens (tertiary/aromatic N) is 4. The molecule has 8 nitrogen and oxygen atoms in total. The number of anilines is 1. The van der Waals surface area contributed by atoms with Crippen LogP contribution in [0.4, 0.5) is 14.6 Å². The van der Waals surface area contributed by atoms with Crippen LogP contribution in [0, 0.1) is 6.92 Å². The van der Waals surface area contributed by atoms with Crippen molar-refractivity contribution in [1.29, 1.82) is 0 Å². The second kappa shape index (κ2) is 7.31. The molecule has 0 N–H and O–H groups in total. The Morgan fingerprint density at radius 1 is 1.17 bits per heavy atom. The Kier molecular flexibility index (Phi) is 5.05. The van der Waals surface area contributed by atoms with Gasteiger partial charge < -0.3 is 9.64 Å². The summed E-state index contributed by atoms with van der Waals surface area (Å²) in [6.45, 7) is -0.656. The fraction of sp³-hybridized carbons (Fsp3) is 0.474. The number of carbonyl (C=O) groups is 1. The lowest BCUT2D eigenvalue weighted by molar-refractivity contribution is -0.122. The van der Waals surface area contributed by atoms with Crippen LogP contribution >= 0.6 is 0 Å². The third-order valence-corrected chi connectivity index (χ3v) is 7.71. The molecule has 2 aliphatic heterocycles. The lowest BCUT2D eigenvalue weighted by Crippen LogP contribution is -2.54. The molecule has 0 radical (unpaired) electrons. The normalized spacial score (nSPS) is 19.4. The minimum Gasteiger partial charge on any atom is -0.435 e. The number of fused-ring (bicyclic) bond motifs is 2. The standard InChI is InChI=1S/C19H22F2N4O4S/c1-13-11-16-23(2)17(26)12-19(25(16)22-13)7-9-24(10-8-19)30(27,28)15-5-3-14(4-6-15)29-18(20)21/h3-6,11,18H,7-10,12H2,1-2H3. The van der Waals surface area contributed by atoms with Crippen LogP contribution in [-0.4, -0.2) is 55.2 Å². The zero-order chi connectivity index (χ0) is 21.7. The summed E-state index contributed by atoms with van der Waals surface area (Å²) in [5, 5.41) is 4.57. The van der Waals surface area contributed by atoms with Gasteiger partial charge in [-0.1, -0.05) is 0 Å². The number of aromatic nitrogens is 2. The molecule has 11 heteroatoms. The number of piperidine rings is 1. The molecule has 1 aromatic carbocycles. The molecule has 0 atom stereocenters. The Hall–Kier alpha value is -2.53. The van der Waals surface area contributed by atoms with Crippen molar-refractivity contribution in [2.45, 2.75) is 43.2 Å². The van der Waals surface area contributed by atoms with E-state index in [4.69, 9.17) is 0 Å². The van der Waals surface area contributed by atoms with E-state index in [1.54, 1.807) is 11.9 Å². The number of aryl methyl sites for hydroxylation is 1. The SMILES string of the molecule is Cc1cc2n(n1)C1(CCN(S(=O)(=O)c3ccc(OC(F)F)cc3)CC1)CC(=O)N2C. The number of ether oxygens (including phenoxy) is 1. The molecule has 1 amide bonds. The third kappa shape index (κ3) is 3.45. The van der Waals surface area contributed by atoms with E-state index < -0.39 is 22.2 Å². The van der Waals surface area contributed by atoms with Crippen molar-refractivity contribution in [1.82, 2.24) is 14.1 Å². The molecule has 2 aromatic rings. The highest BCUT2D eigenvalue weighted by Gasteiger charge is 2.46. The number of hydrogen-bond donors (Lipinski definition) is 0. The van der Waals surface area contributed by atoms with E-state index in [1.807, 2.05) is 17.7 Å². The maximum Gasteiger partial charge on any atom is 0.387 e. The van der Waals surface area contributed by atoms with Gasteiger partial charge in [0.25, 0.3) is 0 Å². The monoisotopic (exact) mass is 440 g/mol. The summed E-state index contributed by atoms with van der Waals surface area (Å²) < 4.78 is 58.1. The smallest absolute Gasteiger partial charge is 0.387 e. The summed E-state index contributed by atoms with van der Waals surface area (Å²) in [5.41, 5.74) is 0.251. The average molecular weight is 440 g/mol. The Bertz CT molecular complexity index is 1060. The van der Waals surface area contributed by atoms with Crippen molar-refractivity contribution in [2.24, 2.45) is 0 Å². The Labute approximate surface area is 173 Å². The molecule has 30 heavy (non-hydrogen) atoms. The summed E-state index contributed by atoms with van der Waals surface area (Å²) in [6.07, 6.45) is 1.17. The summed E-state index contributed by atoms with van der Waals surface area (Å²) in [6, 6.07) is 6.78. The Balaban J connectivity index is 1.54. The minimum absolute atomic E-state index is 0.00939. The largest absolute Gasteiger partial charge is 0.435 e. The van der Waals surface area contributed by atoms with E-state index in [0.29, 0.717) is 12.8 Å². The molecule has 0 aliphatic carbocycles. The average Bonchev–Trinajstić information content (AvgIpc) is 3.10. The molecule has 0 bridgehead atoms. The minimum atomic E-state index is -3.79. The number of halogens is 2.